The van der Waals surface area contributed by atoms with Crippen molar-refractivity contribution in [1.82, 2.24) is 19.7 Å². The molecule has 7 heteroatoms. The lowest BCUT2D eigenvalue weighted by Gasteiger charge is -2.43. The maximum Gasteiger partial charge on any atom is 0.255 e. The van der Waals surface area contributed by atoms with Crippen LogP contribution >= 0.6 is 0 Å². The summed E-state index contributed by atoms with van der Waals surface area (Å²) in [7, 11) is 0. The van der Waals surface area contributed by atoms with E-state index in [1.54, 1.807) is 18.3 Å². The molecule has 3 aromatic rings. The molecule has 4 heterocycles. The van der Waals surface area contributed by atoms with Gasteiger partial charge in [0.05, 0.1) is 23.6 Å². The zero-order valence-electron chi connectivity index (χ0n) is 16.1. The van der Waals surface area contributed by atoms with Gasteiger partial charge in [-0.25, -0.2) is 9.67 Å². The number of carbonyl (C=O) groups is 1. The van der Waals surface area contributed by atoms with Gasteiger partial charge in [-0.2, -0.15) is 5.10 Å². The van der Waals surface area contributed by atoms with Gasteiger partial charge in [0, 0.05) is 25.5 Å². The topological polar surface area (TPSA) is 86.3 Å². The summed E-state index contributed by atoms with van der Waals surface area (Å²) >= 11 is 0. The van der Waals surface area contributed by atoms with Gasteiger partial charge in [-0.15, -0.1) is 0 Å². The molecular weight excluding hydrogens is 366 g/mol. The first-order valence-electron chi connectivity index (χ1n) is 9.94. The number of likely N-dealkylation sites (tertiary alicyclic amines) is 1. The number of fused-ring (bicyclic) bond motifs is 2. The van der Waals surface area contributed by atoms with E-state index in [2.05, 4.69) is 11.2 Å². The van der Waals surface area contributed by atoms with E-state index in [4.69, 9.17) is 15.6 Å². The number of pyridine rings is 1. The second kappa shape index (κ2) is 7.00. The normalized spacial score (nSPS) is 17.9. The van der Waals surface area contributed by atoms with Crippen LogP contribution in [0.4, 0.5) is 5.82 Å². The van der Waals surface area contributed by atoms with Crippen molar-refractivity contribution in [2.45, 2.75) is 24.9 Å². The second-order valence-electron chi connectivity index (χ2n) is 7.64. The van der Waals surface area contributed by atoms with Crippen LogP contribution < -0.4 is 5.73 Å². The van der Waals surface area contributed by atoms with Crippen molar-refractivity contribution in [3.05, 3.63) is 71.7 Å². The number of aromatic nitrogens is 3. The number of para-hydroxylation sites is 1. The SMILES string of the molecule is Nc1ccc(C(=O)N2CCC3(CC2)OCCc2cn(-c4ccccc4)nc23)cn1. The van der Waals surface area contributed by atoms with Gasteiger partial charge in [-0.1, -0.05) is 18.2 Å². The molecule has 0 unspecified atom stereocenters. The minimum Gasteiger partial charge on any atom is -0.384 e. The zero-order chi connectivity index (χ0) is 19.8. The van der Waals surface area contributed by atoms with Gasteiger partial charge in [-0.3, -0.25) is 4.79 Å². The van der Waals surface area contributed by atoms with E-state index in [1.165, 1.54) is 5.56 Å². The Balaban J connectivity index is 1.37. The number of anilines is 1. The van der Waals surface area contributed by atoms with Crippen LogP contribution in [0.25, 0.3) is 5.69 Å². The Morgan fingerprint density at radius 2 is 1.90 bits per heavy atom. The number of amides is 1. The highest BCUT2D eigenvalue weighted by atomic mass is 16.5. The van der Waals surface area contributed by atoms with Gasteiger partial charge in [0.15, 0.2) is 0 Å². The first-order valence-corrected chi connectivity index (χ1v) is 9.94. The van der Waals surface area contributed by atoms with Crippen molar-refractivity contribution in [2.24, 2.45) is 0 Å². The van der Waals surface area contributed by atoms with Crippen LogP contribution in [0.5, 0.6) is 0 Å². The largest absolute Gasteiger partial charge is 0.384 e. The van der Waals surface area contributed by atoms with Crippen molar-refractivity contribution in [3.63, 3.8) is 0 Å². The summed E-state index contributed by atoms with van der Waals surface area (Å²) in [5, 5.41) is 4.90. The Morgan fingerprint density at radius 1 is 1.10 bits per heavy atom. The lowest BCUT2D eigenvalue weighted by molar-refractivity contribution is -0.0963. The number of hydrogen-bond donors (Lipinski definition) is 1. The van der Waals surface area contributed by atoms with E-state index in [0.717, 1.165) is 30.6 Å². The van der Waals surface area contributed by atoms with Crippen molar-refractivity contribution in [2.75, 3.05) is 25.4 Å². The quantitative estimate of drug-likeness (QED) is 0.728. The van der Waals surface area contributed by atoms with Crippen LogP contribution in [-0.4, -0.2) is 45.3 Å². The predicted octanol–water partition coefficient (Wildman–Crippen LogP) is 2.55. The first-order chi connectivity index (χ1) is 14.1. The Kier molecular flexibility index (Phi) is 4.32. The molecule has 148 valence electrons. The molecule has 1 amide bonds. The van der Waals surface area contributed by atoms with Crippen LogP contribution in [0.15, 0.2) is 54.9 Å². The number of nitrogen functional groups attached to an aromatic ring is 1. The lowest BCUT2D eigenvalue weighted by atomic mass is 9.83. The third-order valence-corrected chi connectivity index (χ3v) is 5.88. The number of ether oxygens (including phenoxy) is 1. The molecule has 2 aliphatic heterocycles. The van der Waals surface area contributed by atoms with Crippen LogP contribution in [-0.2, 0) is 16.8 Å². The second-order valence-corrected chi connectivity index (χ2v) is 7.64. The summed E-state index contributed by atoms with van der Waals surface area (Å²) in [5.41, 5.74) is 9.08. The molecule has 1 fully saturated rings. The molecule has 7 nitrogen and oxygen atoms in total. The van der Waals surface area contributed by atoms with Crippen LogP contribution in [0, 0.1) is 0 Å². The van der Waals surface area contributed by atoms with Gasteiger partial charge in [0.1, 0.15) is 11.4 Å². The summed E-state index contributed by atoms with van der Waals surface area (Å²) in [6, 6.07) is 13.5. The smallest absolute Gasteiger partial charge is 0.255 e. The predicted molar refractivity (Wildman–Crippen MR) is 109 cm³/mol. The van der Waals surface area contributed by atoms with E-state index in [0.29, 0.717) is 31.1 Å². The number of carbonyl (C=O) groups excluding carboxylic acids is 1. The zero-order valence-corrected chi connectivity index (χ0v) is 16.1. The number of rotatable bonds is 2. The van der Waals surface area contributed by atoms with Crippen LogP contribution in [0.2, 0.25) is 0 Å². The van der Waals surface area contributed by atoms with Crippen LogP contribution in [0.3, 0.4) is 0 Å². The molecule has 0 radical (unpaired) electrons. The van der Waals surface area contributed by atoms with Gasteiger partial charge in [-0.05, 0) is 49.1 Å². The molecule has 0 saturated carbocycles. The van der Waals surface area contributed by atoms with Gasteiger partial charge in [0.25, 0.3) is 5.91 Å². The summed E-state index contributed by atoms with van der Waals surface area (Å²) in [6.07, 6.45) is 5.99. The highest BCUT2D eigenvalue weighted by Crippen LogP contribution is 2.41. The van der Waals surface area contributed by atoms with E-state index in [-0.39, 0.29) is 5.91 Å². The number of nitrogens with two attached hydrogens (primary N) is 1. The van der Waals surface area contributed by atoms with E-state index >= 15 is 0 Å². The van der Waals surface area contributed by atoms with Crippen LogP contribution in [0.1, 0.15) is 34.5 Å². The number of benzene rings is 1. The standard InChI is InChI=1S/C22H23N5O2/c23-19-7-6-16(14-24-19)21(28)26-11-9-22(10-12-26)20-17(8-13-29-22)15-27(25-20)18-4-2-1-3-5-18/h1-7,14-15H,8-13H2,(H2,23,24). The van der Waals surface area contributed by atoms with E-state index < -0.39 is 5.60 Å². The Labute approximate surface area is 169 Å². The summed E-state index contributed by atoms with van der Waals surface area (Å²) in [4.78, 5) is 18.7. The number of piperidine rings is 1. The highest BCUT2D eigenvalue weighted by Gasteiger charge is 2.44. The lowest BCUT2D eigenvalue weighted by Crippen LogP contribution is -2.48. The first kappa shape index (κ1) is 17.9. The molecule has 0 bridgehead atoms. The Morgan fingerprint density at radius 3 is 2.62 bits per heavy atom. The number of nitrogens with zero attached hydrogens (tertiary/aromatic N) is 4. The van der Waals surface area contributed by atoms with E-state index in [9.17, 15) is 4.79 Å². The van der Waals surface area contributed by atoms with Gasteiger partial charge >= 0.3 is 0 Å². The third-order valence-electron chi connectivity index (χ3n) is 5.88. The van der Waals surface area contributed by atoms with E-state index in [1.807, 2.05) is 39.9 Å². The van der Waals surface area contributed by atoms with Gasteiger partial charge < -0.3 is 15.4 Å². The minimum absolute atomic E-state index is 0.0156. The molecular formula is C22H23N5O2. The maximum atomic E-state index is 12.8. The molecule has 2 aromatic heterocycles. The third kappa shape index (κ3) is 3.17. The molecule has 0 atom stereocenters. The molecule has 5 rings (SSSR count). The fraction of sp³-hybridized carbons (Fsp3) is 0.318. The highest BCUT2D eigenvalue weighted by molar-refractivity contribution is 5.94. The summed E-state index contributed by atoms with van der Waals surface area (Å²) in [5.74, 6) is 0.398. The average Bonchev–Trinajstić information content (AvgIpc) is 3.21. The minimum atomic E-state index is -0.413. The molecule has 0 aliphatic carbocycles. The van der Waals surface area contributed by atoms with Crippen molar-refractivity contribution in [3.8, 4) is 5.69 Å². The number of hydrogen-bond acceptors (Lipinski definition) is 5. The monoisotopic (exact) mass is 389 g/mol. The maximum absolute atomic E-state index is 12.8. The Hall–Kier alpha value is -3.19. The molecule has 1 aromatic carbocycles. The molecule has 1 saturated heterocycles. The fourth-order valence-corrected chi connectivity index (χ4v) is 4.28. The van der Waals surface area contributed by atoms with Crippen molar-refractivity contribution >= 4 is 11.7 Å². The fourth-order valence-electron chi connectivity index (χ4n) is 4.28. The van der Waals surface area contributed by atoms with Crippen molar-refractivity contribution in [1.29, 1.82) is 0 Å². The average molecular weight is 389 g/mol. The Bertz CT molecular complexity index is 1020. The summed E-state index contributed by atoms with van der Waals surface area (Å²) in [6.45, 7) is 1.94. The molecule has 2 aliphatic rings. The molecule has 2 N–H and O–H groups in total. The molecule has 29 heavy (non-hydrogen) atoms. The van der Waals surface area contributed by atoms with Crippen molar-refractivity contribution < 1.29 is 9.53 Å². The molecule has 1 spiro atoms. The van der Waals surface area contributed by atoms with Gasteiger partial charge in [0.2, 0.25) is 0 Å². The summed E-state index contributed by atoms with van der Waals surface area (Å²) < 4.78 is 8.23.